The van der Waals surface area contributed by atoms with Gasteiger partial charge in [0.05, 0.1) is 5.92 Å². The summed E-state index contributed by atoms with van der Waals surface area (Å²) in [7, 11) is 0. The Bertz CT molecular complexity index is 661. The van der Waals surface area contributed by atoms with Gasteiger partial charge in [-0.2, -0.15) is 0 Å². The lowest BCUT2D eigenvalue weighted by Crippen LogP contribution is -2.42. The van der Waals surface area contributed by atoms with Crippen LogP contribution in [0.3, 0.4) is 0 Å². The average Bonchev–Trinajstić information content (AvgIpc) is 2.92. The van der Waals surface area contributed by atoms with E-state index in [4.69, 9.17) is 5.73 Å². The van der Waals surface area contributed by atoms with Crippen molar-refractivity contribution in [3.8, 4) is 0 Å². The van der Waals surface area contributed by atoms with Crippen LogP contribution < -0.4 is 11.1 Å². The molecule has 1 aromatic rings. The fourth-order valence-electron chi connectivity index (χ4n) is 3.65. The average molecular weight is 343 g/mol. The number of nitrogens with two attached hydrogens (primary N) is 1. The molecular weight excluding hydrogens is 318 g/mol. The molecule has 134 valence electrons. The highest BCUT2D eigenvalue weighted by Gasteiger charge is 2.30. The Morgan fingerprint density at radius 1 is 1.24 bits per heavy atom. The molecule has 0 saturated carbocycles. The first-order valence-electron chi connectivity index (χ1n) is 8.91. The second kappa shape index (κ2) is 7.35. The third-order valence-electron chi connectivity index (χ3n) is 5.32. The molecule has 0 bridgehead atoms. The van der Waals surface area contributed by atoms with Crippen molar-refractivity contribution in [2.75, 3.05) is 13.1 Å². The van der Waals surface area contributed by atoms with Crippen LogP contribution in [0.1, 0.15) is 42.1 Å². The zero-order valence-corrected chi connectivity index (χ0v) is 14.5. The van der Waals surface area contributed by atoms with E-state index in [0.717, 1.165) is 31.5 Å². The number of amides is 3. The van der Waals surface area contributed by atoms with Gasteiger partial charge in [0.25, 0.3) is 5.91 Å². The minimum Gasteiger partial charge on any atom is -0.339 e. The quantitative estimate of drug-likeness (QED) is 0.801. The van der Waals surface area contributed by atoms with E-state index in [1.165, 1.54) is 0 Å². The first kappa shape index (κ1) is 17.6. The molecule has 0 radical (unpaired) electrons. The van der Waals surface area contributed by atoms with Gasteiger partial charge in [-0.05, 0) is 49.8 Å². The number of carbonyl (C=O) groups is 3. The highest BCUT2D eigenvalue weighted by molar-refractivity contribution is 6.03. The number of likely N-dealkylation sites (tertiary alicyclic amines) is 1. The van der Waals surface area contributed by atoms with Crippen molar-refractivity contribution < 1.29 is 14.4 Å². The van der Waals surface area contributed by atoms with Crippen molar-refractivity contribution in [2.24, 2.45) is 17.6 Å². The van der Waals surface area contributed by atoms with Crippen LogP contribution in [-0.4, -0.2) is 41.8 Å². The van der Waals surface area contributed by atoms with Gasteiger partial charge in [-0.25, -0.2) is 0 Å². The summed E-state index contributed by atoms with van der Waals surface area (Å²) < 4.78 is 0. The molecule has 0 spiro atoms. The molecule has 2 saturated heterocycles. The lowest BCUT2D eigenvalue weighted by molar-refractivity contribution is -0.125. The van der Waals surface area contributed by atoms with Crippen molar-refractivity contribution in [3.05, 3.63) is 35.4 Å². The standard InChI is InChI=1S/C19H25N3O3/c1-12(20)14-6-8-22(9-7-14)19(25)15-4-2-13(3-5-15)10-16-11-17(23)21-18(16)24/h2-5,12,14,16H,6-11,20H2,1H3,(H,21,23,24). The maximum atomic E-state index is 12.6. The van der Waals surface area contributed by atoms with Gasteiger partial charge in [-0.1, -0.05) is 12.1 Å². The van der Waals surface area contributed by atoms with Gasteiger partial charge in [0.15, 0.2) is 0 Å². The molecule has 2 atom stereocenters. The Kier molecular flexibility index (Phi) is 5.18. The van der Waals surface area contributed by atoms with Crippen molar-refractivity contribution in [2.45, 2.75) is 38.6 Å². The number of piperidine rings is 1. The molecular formula is C19H25N3O3. The maximum Gasteiger partial charge on any atom is 0.253 e. The molecule has 3 rings (SSSR count). The van der Waals surface area contributed by atoms with E-state index in [2.05, 4.69) is 5.32 Å². The molecule has 6 heteroatoms. The largest absolute Gasteiger partial charge is 0.339 e. The fraction of sp³-hybridized carbons (Fsp3) is 0.526. The summed E-state index contributed by atoms with van der Waals surface area (Å²) in [6.45, 7) is 3.52. The Balaban J connectivity index is 1.58. The highest BCUT2D eigenvalue weighted by atomic mass is 16.2. The van der Waals surface area contributed by atoms with Crippen LogP contribution in [0.15, 0.2) is 24.3 Å². The summed E-state index contributed by atoms with van der Waals surface area (Å²) >= 11 is 0. The SMILES string of the molecule is CC(N)C1CCN(C(=O)c2ccc(CC3CC(=O)NC3=O)cc2)CC1. The Hall–Kier alpha value is -2.21. The van der Waals surface area contributed by atoms with Gasteiger partial charge in [0.1, 0.15) is 0 Å². The van der Waals surface area contributed by atoms with Crippen LogP contribution in [-0.2, 0) is 16.0 Å². The molecule has 2 unspecified atom stereocenters. The third-order valence-corrected chi connectivity index (χ3v) is 5.32. The van der Waals surface area contributed by atoms with E-state index < -0.39 is 0 Å². The molecule has 0 aromatic heterocycles. The van der Waals surface area contributed by atoms with Crippen LogP contribution in [0, 0.1) is 11.8 Å². The van der Waals surface area contributed by atoms with Crippen LogP contribution in [0.25, 0.3) is 0 Å². The van der Waals surface area contributed by atoms with Crippen LogP contribution in [0.5, 0.6) is 0 Å². The van der Waals surface area contributed by atoms with Gasteiger partial charge < -0.3 is 10.6 Å². The number of nitrogens with one attached hydrogen (secondary N) is 1. The minimum atomic E-state index is -0.300. The number of nitrogens with zero attached hydrogens (tertiary/aromatic N) is 1. The summed E-state index contributed by atoms with van der Waals surface area (Å²) in [6.07, 6.45) is 2.67. The molecule has 2 fully saturated rings. The van der Waals surface area contributed by atoms with Gasteiger partial charge in [-0.15, -0.1) is 0 Å². The predicted octanol–water partition coefficient (Wildman–Crippen LogP) is 1.09. The van der Waals surface area contributed by atoms with E-state index in [1.807, 2.05) is 36.1 Å². The van der Waals surface area contributed by atoms with Crippen LogP contribution >= 0.6 is 0 Å². The zero-order chi connectivity index (χ0) is 18.0. The normalized spacial score (nSPS) is 22.8. The lowest BCUT2D eigenvalue weighted by Gasteiger charge is -2.33. The summed E-state index contributed by atoms with van der Waals surface area (Å²) in [5.74, 6) is -0.180. The topological polar surface area (TPSA) is 92.5 Å². The summed E-state index contributed by atoms with van der Waals surface area (Å²) in [5.41, 5.74) is 7.57. The lowest BCUT2D eigenvalue weighted by atomic mass is 9.90. The van der Waals surface area contributed by atoms with E-state index >= 15 is 0 Å². The third kappa shape index (κ3) is 4.07. The predicted molar refractivity (Wildman–Crippen MR) is 93.7 cm³/mol. The highest BCUT2D eigenvalue weighted by Crippen LogP contribution is 2.22. The van der Waals surface area contributed by atoms with Crippen LogP contribution in [0.2, 0.25) is 0 Å². The van der Waals surface area contributed by atoms with Crippen molar-refractivity contribution in [1.82, 2.24) is 10.2 Å². The van der Waals surface area contributed by atoms with E-state index in [-0.39, 0.29) is 36.1 Å². The molecule has 25 heavy (non-hydrogen) atoms. The maximum absolute atomic E-state index is 12.6. The number of carbonyl (C=O) groups excluding carboxylic acids is 3. The first-order chi connectivity index (χ1) is 11.9. The van der Waals surface area contributed by atoms with Crippen molar-refractivity contribution >= 4 is 17.7 Å². The molecule has 2 heterocycles. The number of hydrogen-bond donors (Lipinski definition) is 2. The Labute approximate surface area is 147 Å². The number of benzene rings is 1. The molecule has 0 aliphatic carbocycles. The van der Waals surface area contributed by atoms with E-state index in [9.17, 15) is 14.4 Å². The minimum absolute atomic E-state index is 0.0449. The zero-order valence-electron chi connectivity index (χ0n) is 14.5. The smallest absolute Gasteiger partial charge is 0.253 e. The van der Waals surface area contributed by atoms with Gasteiger partial charge >= 0.3 is 0 Å². The summed E-state index contributed by atoms with van der Waals surface area (Å²) in [6, 6.07) is 7.54. The second-order valence-corrected chi connectivity index (χ2v) is 7.20. The molecule has 1 aromatic carbocycles. The molecule has 6 nitrogen and oxygen atoms in total. The van der Waals surface area contributed by atoms with Gasteiger partial charge in [0.2, 0.25) is 11.8 Å². The summed E-state index contributed by atoms with van der Waals surface area (Å²) in [4.78, 5) is 37.4. The first-order valence-corrected chi connectivity index (χ1v) is 8.91. The molecule has 2 aliphatic heterocycles. The van der Waals surface area contributed by atoms with E-state index in [0.29, 0.717) is 17.9 Å². The number of imide groups is 1. The molecule has 3 N–H and O–H groups in total. The fourth-order valence-corrected chi connectivity index (χ4v) is 3.65. The van der Waals surface area contributed by atoms with Gasteiger partial charge in [0, 0.05) is 31.1 Å². The van der Waals surface area contributed by atoms with Gasteiger partial charge in [-0.3, -0.25) is 19.7 Å². The Morgan fingerprint density at radius 3 is 2.40 bits per heavy atom. The monoisotopic (exact) mass is 343 g/mol. The number of rotatable bonds is 4. The van der Waals surface area contributed by atoms with Crippen molar-refractivity contribution in [3.63, 3.8) is 0 Å². The summed E-state index contributed by atoms with van der Waals surface area (Å²) in [5, 5.41) is 2.32. The second-order valence-electron chi connectivity index (χ2n) is 7.20. The van der Waals surface area contributed by atoms with Crippen molar-refractivity contribution in [1.29, 1.82) is 0 Å². The molecule has 3 amide bonds. The number of hydrogen-bond acceptors (Lipinski definition) is 4. The Morgan fingerprint density at radius 2 is 1.88 bits per heavy atom. The van der Waals surface area contributed by atoms with Crippen LogP contribution in [0.4, 0.5) is 0 Å². The molecule has 2 aliphatic rings. The van der Waals surface area contributed by atoms with E-state index in [1.54, 1.807) is 0 Å².